The zero-order valence-electron chi connectivity index (χ0n) is 12.7. The van der Waals surface area contributed by atoms with Crippen molar-refractivity contribution in [1.29, 1.82) is 0 Å². The molecular formula is C19H17ClN2O. The predicted molar refractivity (Wildman–Crippen MR) is 93.5 cm³/mol. The maximum Gasteiger partial charge on any atom is 0.294 e. The van der Waals surface area contributed by atoms with Crippen LogP contribution in [0.1, 0.15) is 18.4 Å². The summed E-state index contributed by atoms with van der Waals surface area (Å²) in [5, 5.41) is -0.171. The van der Waals surface area contributed by atoms with Crippen LogP contribution in [0, 0.1) is 0 Å². The molecule has 4 rings (SSSR count). The standard InChI is InChI=1S/C19H17ClN2O/c20-14-8-9-16-15(12-14)17(13-6-2-1-3-7-13)18(19(23)21-16)22-10-4-5-11-22/h1-3,6-9,12,14H,4-5,10-11H2. The largest absolute Gasteiger partial charge is 0.366 e. The molecule has 23 heavy (non-hydrogen) atoms. The first-order chi connectivity index (χ1) is 11.2. The van der Waals surface area contributed by atoms with Crippen LogP contribution in [0.15, 0.2) is 64.8 Å². The van der Waals surface area contributed by atoms with E-state index < -0.39 is 0 Å². The molecule has 0 saturated carbocycles. The summed E-state index contributed by atoms with van der Waals surface area (Å²) in [5.74, 6) is -0.143. The second-order valence-corrected chi connectivity index (χ2v) is 6.47. The summed E-state index contributed by atoms with van der Waals surface area (Å²) in [5.41, 5.74) is 4.43. The SMILES string of the molecule is O=C1N=C2C=CC(Cl)C=C2C(c2ccccc2)=C1N1CCCC1. The molecule has 0 aromatic heterocycles. The van der Waals surface area contributed by atoms with Crippen LogP contribution in [0.3, 0.4) is 0 Å². The van der Waals surface area contributed by atoms with Gasteiger partial charge in [-0.25, -0.2) is 4.99 Å². The van der Waals surface area contributed by atoms with Gasteiger partial charge in [0, 0.05) is 24.2 Å². The third-order valence-corrected chi connectivity index (χ3v) is 4.73. The Morgan fingerprint density at radius 1 is 1.13 bits per heavy atom. The van der Waals surface area contributed by atoms with E-state index in [4.69, 9.17) is 11.6 Å². The lowest BCUT2D eigenvalue weighted by Gasteiger charge is -2.29. The highest BCUT2D eigenvalue weighted by atomic mass is 35.5. The molecule has 1 unspecified atom stereocenters. The molecule has 2 aliphatic heterocycles. The van der Waals surface area contributed by atoms with Gasteiger partial charge in [0.15, 0.2) is 0 Å². The maximum absolute atomic E-state index is 12.7. The van der Waals surface area contributed by atoms with Crippen molar-refractivity contribution in [1.82, 2.24) is 4.90 Å². The minimum absolute atomic E-state index is 0.143. The minimum atomic E-state index is -0.171. The van der Waals surface area contributed by atoms with Gasteiger partial charge in [0.2, 0.25) is 0 Å². The first-order valence-corrected chi connectivity index (χ1v) is 8.40. The molecule has 1 fully saturated rings. The van der Waals surface area contributed by atoms with Crippen molar-refractivity contribution >= 4 is 28.8 Å². The number of halogens is 1. The number of hydrogen-bond acceptors (Lipinski definition) is 2. The van der Waals surface area contributed by atoms with Crippen LogP contribution in [-0.4, -0.2) is 35.0 Å². The number of allylic oxidation sites excluding steroid dienone is 5. The fraction of sp³-hybridized carbons (Fsp3) is 0.263. The van der Waals surface area contributed by atoms with E-state index in [0.29, 0.717) is 5.71 Å². The molecule has 0 radical (unpaired) electrons. The van der Waals surface area contributed by atoms with Crippen molar-refractivity contribution in [3.63, 3.8) is 0 Å². The summed E-state index contributed by atoms with van der Waals surface area (Å²) in [7, 11) is 0. The molecule has 3 aliphatic rings. The Kier molecular flexibility index (Phi) is 3.66. The Morgan fingerprint density at radius 2 is 1.87 bits per heavy atom. The number of amides is 1. The van der Waals surface area contributed by atoms with Gasteiger partial charge in [-0.1, -0.05) is 42.5 Å². The van der Waals surface area contributed by atoms with Crippen molar-refractivity contribution in [2.45, 2.75) is 18.2 Å². The molecule has 1 aromatic rings. The molecule has 4 heteroatoms. The van der Waals surface area contributed by atoms with Gasteiger partial charge in [-0.2, -0.15) is 0 Å². The molecule has 1 amide bonds. The Balaban J connectivity index is 1.93. The number of nitrogens with zero attached hydrogens (tertiary/aromatic N) is 2. The third kappa shape index (κ3) is 2.55. The highest BCUT2D eigenvalue weighted by molar-refractivity contribution is 6.32. The molecule has 1 aromatic carbocycles. The Labute approximate surface area is 140 Å². The number of alkyl halides is 1. The number of carbonyl (C=O) groups excluding carboxylic acids is 1. The summed E-state index contributed by atoms with van der Waals surface area (Å²) in [6.45, 7) is 1.82. The van der Waals surface area contributed by atoms with E-state index in [1.165, 1.54) is 0 Å². The smallest absolute Gasteiger partial charge is 0.294 e. The molecule has 2 heterocycles. The van der Waals surface area contributed by atoms with Crippen molar-refractivity contribution in [2.24, 2.45) is 4.99 Å². The lowest BCUT2D eigenvalue weighted by atomic mass is 9.87. The second-order valence-electron chi connectivity index (χ2n) is 5.97. The summed E-state index contributed by atoms with van der Waals surface area (Å²) in [4.78, 5) is 19.2. The number of fused-ring (bicyclic) bond motifs is 1. The zero-order chi connectivity index (χ0) is 15.8. The molecule has 0 spiro atoms. The van der Waals surface area contributed by atoms with Gasteiger partial charge in [0.25, 0.3) is 5.91 Å². The van der Waals surface area contributed by atoms with E-state index in [0.717, 1.165) is 48.3 Å². The first-order valence-electron chi connectivity index (χ1n) is 7.96. The summed E-state index contributed by atoms with van der Waals surface area (Å²) >= 11 is 6.29. The topological polar surface area (TPSA) is 32.7 Å². The summed E-state index contributed by atoms with van der Waals surface area (Å²) in [6, 6.07) is 10.1. The minimum Gasteiger partial charge on any atom is -0.366 e. The van der Waals surface area contributed by atoms with Gasteiger partial charge in [0.1, 0.15) is 5.70 Å². The third-order valence-electron chi connectivity index (χ3n) is 4.46. The van der Waals surface area contributed by atoms with Crippen molar-refractivity contribution < 1.29 is 4.79 Å². The van der Waals surface area contributed by atoms with Crippen molar-refractivity contribution in [3.05, 3.63) is 65.4 Å². The van der Waals surface area contributed by atoms with Crippen molar-refractivity contribution in [3.8, 4) is 0 Å². The van der Waals surface area contributed by atoms with Crippen LogP contribution >= 0.6 is 11.6 Å². The number of dihydropyridines is 1. The van der Waals surface area contributed by atoms with Gasteiger partial charge in [-0.05, 0) is 24.5 Å². The quantitative estimate of drug-likeness (QED) is 0.779. The van der Waals surface area contributed by atoms with Gasteiger partial charge in [0.05, 0.1) is 11.1 Å². The van der Waals surface area contributed by atoms with Gasteiger partial charge >= 0.3 is 0 Å². The van der Waals surface area contributed by atoms with Crippen LogP contribution in [0.4, 0.5) is 0 Å². The molecule has 3 nitrogen and oxygen atoms in total. The average molecular weight is 325 g/mol. The molecule has 0 N–H and O–H groups in total. The van der Waals surface area contributed by atoms with Gasteiger partial charge < -0.3 is 4.90 Å². The van der Waals surface area contributed by atoms with E-state index in [1.54, 1.807) is 0 Å². The van der Waals surface area contributed by atoms with E-state index >= 15 is 0 Å². The Bertz CT molecular complexity index is 768. The fourth-order valence-electron chi connectivity index (χ4n) is 3.41. The van der Waals surface area contributed by atoms with Crippen LogP contribution in [0.5, 0.6) is 0 Å². The van der Waals surface area contributed by atoms with Gasteiger partial charge in [-0.15, -0.1) is 11.6 Å². The lowest BCUT2D eigenvalue weighted by molar-refractivity contribution is -0.115. The highest BCUT2D eigenvalue weighted by Gasteiger charge is 2.33. The van der Waals surface area contributed by atoms with E-state index in [2.05, 4.69) is 9.89 Å². The van der Waals surface area contributed by atoms with Gasteiger partial charge in [-0.3, -0.25) is 4.79 Å². The lowest BCUT2D eigenvalue weighted by Crippen LogP contribution is -2.30. The van der Waals surface area contributed by atoms with Crippen LogP contribution < -0.4 is 0 Å². The number of likely N-dealkylation sites (tertiary alicyclic amines) is 1. The Hall–Kier alpha value is -2.13. The van der Waals surface area contributed by atoms with Crippen LogP contribution in [0.2, 0.25) is 0 Å². The number of aliphatic imine (C=N–C) groups is 1. The second kappa shape index (κ2) is 5.82. The van der Waals surface area contributed by atoms with E-state index in [9.17, 15) is 4.79 Å². The summed E-state index contributed by atoms with van der Waals surface area (Å²) in [6.07, 6.45) is 7.94. The zero-order valence-corrected chi connectivity index (χ0v) is 13.5. The molecule has 1 aliphatic carbocycles. The monoisotopic (exact) mass is 324 g/mol. The summed E-state index contributed by atoms with van der Waals surface area (Å²) < 4.78 is 0. The van der Waals surface area contributed by atoms with E-state index in [-0.39, 0.29) is 11.3 Å². The highest BCUT2D eigenvalue weighted by Crippen LogP contribution is 2.37. The number of rotatable bonds is 2. The normalized spacial score (nSPS) is 23.8. The molecule has 1 saturated heterocycles. The molecule has 1 atom stereocenters. The van der Waals surface area contributed by atoms with Crippen molar-refractivity contribution in [2.75, 3.05) is 13.1 Å². The van der Waals surface area contributed by atoms with Crippen LogP contribution in [0.25, 0.3) is 5.57 Å². The average Bonchev–Trinajstić information content (AvgIpc) is 3.09. The predicted octanol–water partition coefficient (Wildman–Crippen LogP) is 3.58. The first kappa shape index (κ1) is 14.5. The maximum atomic E-state index is 12.7. The number of benzene rings is 1. The number of carbonyl (C=O) groups is 1. The molecular weight excluding hydrogens is 308 g/mol. The van der Waals surface area contributed by atoms with E-state index in [1.807, 2.05) is 48.6 Å². The molecule has 0 bridgehead atoms. The van der Waals surface area contributed by atoms with Crippen LogP contribution in [-0.2, 0) is 4.79 Å². The fourth-order valence-corrected chi connectivity index (χ4v) is 3.61. The Morgan fingerprint density at radius 3 is 2.61 bits per heavy atom. The number of hydrogen-bond donors (Lipinski definition) is 0. The molecule has 116 valence electrons.